The normalized spacial score (nSPS) is 15.7. The van der Waals surface area contributed by atoms with Crippen LogP contribution < -0.4 is 5.46 Å². The molecule has 5 heteroatoms. The van der Waals surface area contributed by atoms with Gasteiger partial charge in [-0.05, 0) is 41.7 Å². The van der Waals surface area contributed by atoms with Gasteiger partial charge in [-0.3, -0.25) is 0 Å². The third kappa shape index (κ3) is 3.27. The van der Waals surface area contributed by atoms with E-state index in [1.165, 1.54) is 5.56 Å². The average molecular weight is 410 g/mol. The van der Waals surface area contributed by atoms with Crippen LogP contribution in [0.25, 0.3) is 43.9 Å². The van der Waals surface area contributed by atoms with E-state index in [4.69, 9.17) is 8.83 Å². The molecule has 0 bridgehead atoms. The molecule has 1 aliphatic rings. The van der Waals surface area contributed by atoms with Crippen molar-refractivity contribution in [3.05, 3.63) is 78.4 Å². The van der Waals surface area contributed by atoms with Gasteiger partial charge in [0.25, 0.3) is 0 Å². The van der Waals surface area contributed by atoms with Gasteiger partial charge in [-0.1, -0.05) is 56.4 Å². The molecule has 0 fully saturated rings. The summed E-state index contributed by atoms with van der Waals surface area (Å²) in [4.78, 5) is 0. The molecule has 2 heterocycles. The van der Waals surface area contributed by atoms with Crippen molar-refractivity contribution in [3.8, 4) is 0 Å². The van der Waals surface area contributed by atoms with Gasteiger partial charge in [-0.2, -0.15) is 0 Å². The molecule has 6 rings (SSSR count). The van der Waals surface area contributed by atoms with Crippen LogP contribution in [-0.2, 0) is 0 Å². The zero-order chi connectivity index (χ0) is 21.5. The molecule has 3 aromatic carbocycles. The molecule has 0 amide bonds. The largest absolute Gasteiger partial charge is 0.488 e. The maximum absolute atomic E-state index is 9.53. The Morgan fingerprint density at radius 2 is 1.39 bits per heavy atom. The zero-order valence-electron chi connectivity index (χ0n) is 17.5. The highest BCUT2D eigenvalue weighted by Gasteiger charge is 2.17. The predicted molar refractivity (Wildman–Crippen MR) is 128 cm³/mol. The topological polar surface area (TPSA) is 66.7 Å². The fourth-order valence-electron chi connectivity index (χ4n) is 4.30. The Labute approximate surface area is 180 Å². The molecule has 0 saturated carbocycles. The van der Waals surface area contributed by atoms with Gasteiger partial charge in [0.05, 0.1) is 0 Å². The number of hydrogen-bond acceptors (Lipinski definition) is 4. The summed E-state index contributed by atoms with van der Waals surface area (Å²) in [5.74, 6) is 0.376. The Hall–Kier alpha value is -3.28. The van der Waals surface area contributed by atoms with Gasteiger partial charge in [0, 0.05) is 33.5 Å². The van der Waals surface area contributed by atoms with Crippen molar-refractivity contribution in [3.63, 3.8) is 0 Å². The van der Waals surface area contributed by atoms with E-state index in [9.17, 15) is 10.0 Å². The Morgan fingerprint density at radius 1 is 0.742 bits per heavy atom. The molecule has 0 spiro atoms. The number of hydrogen-bond donors (Lipinski definition) is 2. The summed E-state index contributed by atoms with van der Waals surface area (Å²) < 4.78 is 12.1. The standard InChI is InChI=1S/C24H17BO4.C2H6/c26-25(27)16-7-9-22-18(11-16)20-12-19-17-10-15(14-4-2-1-3-5-14)6-8-21(17)28-23(19)13-24(20)29-22;1-2/h1-4,6-14,26-27H,5H2;1-2H3. The van der Waals surface area contributed by atoms with E-state index >= 15 is 0 Å². The monoisotopic (exact) mass is 410 g/mol. The number of fused-ring (bicyclic) bond motifs is 6. The minimum absolute atomic E-state index is 0.376. The van der Waals surface area contributed by atoms with Gasteiger partial charge >= 0.3 is 7.12 Å². The highest BCUT2D eigenvalue weighted by molar-refractivity contribution is 6.59. The van der Waals surface area contributed by atoms with E-state index in [1.807, 2.05) is 26.0 Å². The van der Waals surface area contributed by atoms with Crippen molar-refractivity contribution < 1.29 is 18.9 Å². The molecule has 1 aliphatic carbocycles. The number of rotatable bonds is 2. The second-order valence-corrected chi connectivity index (χ2v) is 7.59. The third-order valence-corrected chi connectivity index (χ3v) is 5.82. The molecule has 1 unspecified atom stereocenters. The quantitative estimate of drug-likeness (QED) is 0.362. The van der Waals surface area contributed by atoms with Gasteiger partial charge in [0.1, 0.15) is 22.3 Å². The fourth-order valence-corrected chi connectivity index (χ4v) is 4.30. The van der Waals surface area contributed by atoms with Crippen molar-refractivity contribution in [2.45, 2.75) is 26.2 Å². The van der Waals surface area contributed by atoms with Crippen molar-refractivity contribution in [2.75, 3.05) is 0 Å². The molecule has 5 aromatic rings. The molecule has 4 nitrogen and oxygen atoms in total. The molecule has 0 radical (unpaired) electrons. The lowest BCUT2D eigenvalue weighted by atomic mass is 9.80. The molecule has 2 aromatic heterocycles. The van der Waals surface area contributed by atoms with Crippen LogP contribution >= 0.6 is 0 Å². The van der Waals surface area contributed by atoms with Crippen molar-refractivity contribution in [2.24, 2.45) is 0 Å². The van der Waals surface area contributed by atoms with Crippen LogP contribution in [0.3, 0.4) is 0 Å². The number of furan rings is 2. The van der Waals surface area contributed by atoms with Gasteiger partial charge in [0.15, 0.2) is 0 Å². The molecule has 31 heavy (non-hydrogen) atoms. The lowest BCUT2D eigenvalue weighted by Gasteiger charge is -2.13. The van der Waals surface area contributed by atoms with Crippen LogP contribution in [0.5, 0.6) is 0 Å². The first-order valence-electron chi connectivity index (χ1n) is 10.7. The molecule has 0 aliphatic heterocycles. The molecule has 1 atom stereocenters. The van der Waals surface area contributed by atoms with Crippen molar-refractivity contribution >= 4 is 56.5 Å². The van der Waals surface area contributed by atoms with E-state index in [-0.39, 0.29) is 0 Å². The second kappa shape index (κ2) is 7.76. The number of benzene rings is 3. The average Bonchev–Trinajstić information content (AvgIpc) is 3.35. The van der Waals surface area contributed by atoms with Crippen LogP contribution in [0, 0.1) is 0 Å². The first kappa shape index (κ1) is 19.7. The SMILES string of the molecule is CC.OB(O)c1ccc2oc3cc4oc5ccc(C6C=CC=CC6)cc5c4cc3c2c1. The zero-order valence-corrected chi connectivity index (χ0v) is 17.5. The van der Waals surface area contributed by atoms with Gasteiger partial charge < -0.3 is 18.9 Å². The highest BCUT2D eigenvalue weighted by Crippen LogP contribution is 2.38. The summed E-state index contributed by atoms with van der Waals surface area (Å²) in [7, 11) is -1.51. The van der Waals surface area contributed by atoms with Crippen LogP contribution in [0.2, 0.25) is 0 Å². The van der Waals surface area contributed by atoms with Gasteiger partial charge in [-0.25, -0.2) is 0 Å². The summed E-state index contributed by atoms with van der Waals surface area (Å²) in [5, 5.41) is 23.0. The summed E-state index contributed by atoms with van der Waals surface area (Å²) >= 11 is 0. The smallest absolute Gasteiger partial charge is 0.456 e. The molecular weight excluding hydrogens is 387 g/mol. The van der Waals surface area contributed by atoms with Crippen molar-refractivity contribution in [1.29, 1.82) is 0 Å². The first-order valence-corrected chi connectivity index (χ1v) is 10.7. The fraction of sp³-hybridized carbons (Fsp3) is 0.154. The van der Waals surface area contributed by atoms with Crippen LogP contribution in [0.1, 0.15) is 31.7 Å². The summed E-state index contributed by atoms with van der Waals surface area (Å²) in [5.41, 5.74) is 4.77. The summed E-state index contributed by atoms with van der Waals surface area (Å²) in [6, 6.07) is 15.6. The van der Waals surface area contributed by atoms with Crippen LogP contribution in [0.4, 0.5) is 0 Å². The number of allylic oxidation sites excluding steroid dienone is 4. The maximum Gasteiger partial charge on any atom is 0.488 e. The minimum Gasteiger partial charge on any atom is -0.456 e. The molecule has 2 N–H and O–H groups in total. The van der Waals surface area contributed by atoms with E-state index in [2.05, 4.69) is 42.5 Å². The lowest BCUT2D eigenvalue weighted by molar-refractivity contribution is 0.426. The third-order valence-electron chi connectivity index (χ3n) is 5.82. The Balaban J connectivity index is 0.000000994. The van der Waals surface area contributed by atoms with E-state index in [0.717, 1.165) is 44.7 Å². The van der Waals surface area contributed by atoms with E-state index in [0.29, 0.717) is 17.0 Å². The lowest BCUT2D eigenvalue weighted by Crippen LogP contribution is -2.29. The summed E-state index contributed by atoms with van der Waals surface area (Å²) in [6.07, 6.45) is 9.60. The molecular formula is C26H23BO4. The Bertz CT molecular complexity index is 1470. The Morgan fingerprint density at radius 3 is 2.03 bits per heavy atom. The minimum atomic E-state index is -1.51. The predicted octanol–water partition coefficient (Wildman–Crippen LogP) is 5.79. The van der Waals surface area contributed by atoms with E-state index < -0.39 is 7.12 Å². The summed E-state index contributed by atoms with van der Waals surface area (Å²) in [6.45, 7) is 4.00. The van der Waals surface area contributed by atoms with Gasteiger partial charge in [-0.15, -0.1) is 0 Å². The molecule has 154 valence electrons. The van der Waals surface area contributed by atoms with Crippen LogP contribution in [-0.4, -0.2) is 17.2 Å². The van der Waals surface area contributed by atoms with Gasteiger partial charge in [0.2, 0.25) is 0 Å². The van der Waals surface area contributed by atoms with Crippen LogP contribution in [0.15, 0.2) is 81.7 Å². The molecule has 0 saturated heterocycles. The highest BCUT2D eigenvalue weighted by atomic mass is 16.4. The second-order valence-electron chi connectivity index (χ2n) is 7.59. The maximum atomic E-state index is 9.53. The Kier molecular flexibility index (Phi) is 4.93. The van der Waals surface area contributed by atoms with Crippen molar-refractivity contribution in [1.82, 2.24) is 0 Å². The first-order chi connectivity index (χ1) is 15.2. The van der Waals surface area contributed by atoms with E-state index in [1.54, 1.807) is 18.2 Å².